The molecule has 0 aliphatic carbocycles. The minimum atomic E-state index is -0.703. The number of carbonyl (C=O) groups excluding carboxylic acids is 2. The standard InChI is InChI=1S/C25H27N5O4/c1-33-20-6-2-4-18(14-20)15-28-22(31)21-17-30-13-10-27-24(30)25(34-21)7-11-29(12-8-25)23(32)19-5-3-9-26-16-19/h2-6,9-10,13-14,16,21H,7-8,11-12,15,17H2,1H3,(H,28,31)/t21-/m0/s1. The number of hydrogen-bond donors (Lipinski definition) is 1. The van der Waals surface area contributed by atoms with Gasteiger partial charge in [0.25, 0.3) is 11.8 Å². The summed E-state index contributed by atoms with van der Waals surface area (Å²) in [6.07, 6.45) is 7.34. The molecule has 2 amide bonds. The van der Waals surface area contributed by atoms with Crippen molar-refractivity contribution in [1.82, 2.24) is 24.8 Å². The molecule has 9 nitrogen and oxygen atoms in total. The molecule has 0 radical (unpaired) electrons. The first kappa shape index (κ1) is 22.1. The summed E-state index contributed by atoms with van der Waals surface area (Å²) in [5, 5.41) is 2.99. The molecule has 0 bridgehead atoms. The highest BCUT2D eigenvalue weighted by molar-refractivity contribution is 5.94. The van der Waals surface area contributed by atoms with E-state index in [1.54, 1.807) is 37.8 Å². The molecule has 0 saturated carbocycles. The Hall–Kier alpha value is -3.72. The van der Waals surface area contributed by atoms with Crippen molar-refractivity contribution in [1.29, 1.82) is 0 Å². The molecule has 2 aliphatic heterocycles. The second-order valence-electron chi connectivity index (χ2n) is 8.61. The third-order valence-electron chi connectivity index (χ3n) is 6.51. The molecule has 1 saturated heterocycles. The van der Waals surface area contributed by atoms with Gasteiger partial charge in [0.2, 0.25) is 0 Å². The van der Waals surface area contributed by atoms with E-state index in [0.29, 0.717) is 44.6 Å². The summed E-state index contributed by atoms with van der Waals surface area (Å²) < 4.78 is 13.7. The van der Waals surface area contributed by atoms with Gasteiger partial charge in [-0.1, -0.05) is 12.1 Å². The number of benzene rings is 1. The Labute approximate surface area is 197 Å². The van der Waals surface area contributed by atoms with Crippen LogP contribution in [0.15, 0.2) is 61.2 Å². The summed E-state index contributed by atoms with van der Waals surface area (Å²) >= 11 is 0. The van der Waals surface area contributed by atoms with Crippen LogP contribution in [0, 0.1) is 0 Å². The number of hydrogen-bond acceptors (Lipinski definition) is 6. The molecule has 1 spiro atoms. The second-order valence-corrected chi connectivity index (χ2v) is 8.61. The molecule has 1 N–H and O–H groups in total. The van der Waals surface area contributed by atoms with E-state index in [4.69, 9.17) is 9.47 Å². The van der Waals surface area contributed by atoms with Crippen LogP contribution in [0.3, 0.4) is 0 Å². The fourth-order valence-electron chi connectivity index (χ4n) is 4.70. The van der Waals surface area contributed by atoms with Crippen molar-refractivity contribution in [2.75, 3.05) is 20.2 Å². The van der Waals surface area contributed by atoms with Gasteiger partial charge >= 0.3 is 0 Å². The van der Waals surface area contributed by atoms with Crippen LogP contribution in [-0.2, 0) is 28.2 Å². The predicted molar refractivity (Wildman–Crippen MR) is 123 cm³/mol. The first-order valence-electron chi connectivity index (χ1n) is 11.4. The molecule has 34 heavy (non-hydrogen) atoms. The van der Waals surface area contributed by atoms with Crippen molar-refractivity contribution in [2.24, 2.45) is 0 Å². The summed E-state index contributed by atoms with van der Waals surface area (Å²) in [7, 11) is 1.62. The Morgan fingerprint density at radius 2 is 2.06 bits per heavy atom. The highest BCUT2D eigenvalue weighted by Crippen LogP contribution is 2.40. The number of likely N-dealkylation sites (tertiary alicyclic amines) is 1. The third kappa shape index (κ3) is 4.26. The van der Waals surface area contributed by atoms with Crippen molar-refractivity contribution in [3.63, 3.8) is 0 Å². The maximum atomic E-state index is 13.1. The monoisotopic (exact) mass is 461 g/mol. The molecule has 1 fully saturated rings. The zero-order chi connectivity index (χ0) is 23.5. The van der Waals surface area contributed by atoms with Gasteiger partial charge in [-0.3, -0.25) is 14.6 Å². The number of imidazole rings is 1. The predicted octanol–water partition coefficient (Wildman–Crippen LogP) is 2.13. The third-order valence-corrected chi connectivity index (χ3v) is 6.51. The minimum Gasteiger partial charge on any atom is -0.497 e. The maximum Gasteiger partial charge on any atom is 0.255 e. The average molecular weight is 462 g/mol. The Balaban J connectivity index is 1.27. The zero-order valence-electron chi connectivity index (χ0n) is 19.0. The Bertz CT molecular complexity index is 1170. The average Bonchev–Trinajstić information content (AvgIpc) is 3.38. The van der Waals surface area contributed by atoms with Crippen molar-refractivity contribution in [3.8, 4) is 5.75 Å². The van der Waals surface area contributed by atoms with Gasteiger partial charge in [0.1, 0.15) is 17.2 Å². The van der Waals surface area contributed by atoms with E-state index in [-0.39, 0.29) is 11.8 Å². The zero-order valence-corrected chi connectivity index (χ0v) is 19.0. The molecular weight excluding hydrogens is 434 g/mol. The van der Waals surface area contributed by atoms with E-state index in [1.807, 2.05) is 39.9 Å². The van der Waals surface area contributed by atoms with E-state index in [0.717, 1.165) is 17.1 Å². The smallest absolute Gasteiger partial charge is 0.255 e. The summed E-state index contributed by atoms with van der Waals surface area (Å²) in [6, 6.07) is 11.1. The van der Waals surface area contributed by atoms with E-state index >= 15 is 0 Å². The Kier molecular flexibility index (Phi) is 6.02. The van der Waals surface area contributed by atoms with Gasteiger partial charge in [-0.25, -0.2) is 4.98 Å². The van der Waals surface area contributed by atoms with Crippen molar-refractivity contribution < 1.29 is 19.1 Å². The van der Waals surface area contributed by atoms with Crippen LogP contribution in [0.25, 0.3) is 0 Å². The molecular formula is C25H27N5O4. The number of carbonyl (C=O) groups is 2. The number of methoxy groups -OCH3 is 1. The lowest BCUT2D eigenvalue weighted by Gasteiger charge is -2.45. The van der Waals surface area contributed by atoms with Gasteiger partial charge < -0.3 is 24.3 Å². The van der Waals surface area contributed by atoms with E-state index in [1.165, 1.54) is 0 Å². The first-order valence-corrected chi connectivity index (χ1v) is 11.4. The van der Waals surface area contributed by atoms with Crippen LogP contribution >= 0.6 is 0 Å². The molecule has 3 aromatic rings. The van der Waals surface area contributed by atoms with Crippen LogP contribution in [0.2, 0.25) is 0 Å². The lowest BCUT2D eigenvalue weighted by atomic mass is 9.88. The van der Waals surface area contributed by atoms with Gasteiger partial charge in [-0.2, -0.15) is 0 Å². The fraction of sp³-hybridized carbons (Fsp3) is 0.360. The number of nitrogens with zero attached hydrogens (tertiary/aromatic N) is 4. The molecule has 1 aromatic carbocycles. The molecule has 4 heterocycles. The van der Waals surface area contributed by atoms with Gasteiger partial charge in [0.05, 0.1) is 19.2 Å². The Morgan fingerprint density at radius 1 is 1.21 bits per heavy atom. The van der Waals surface area contributed by atoms with Crippen LogP contribution in [0.4, 0.5) is 0 Å². The number of piperidine rings is 1. The molecule has 2 aromatic heterocycles. The normalized spacial score (nSPS) is 18.9. The number of aromatic nitrogens is 3. The number of amides is 2. The van der Waals surface area contributed by atoms with E-state index in [2.05, 4.69) is 15.3 Å². The van der Waals surface area contributed by atoms with Gasteiger partial charge in [-0.05, 0) is 29.8 Å². The van der Waals surface area contributed by atoms with Crippen molar-refractivity contribution in [3.05, 3.63) is 78.1 Å². The highest BCUT2D eigenvalue weighted by atomic mass is 16.5. The highest BCUT2D eigenvalue weighted by Gasteiger charge is 2.47. The van der Waals surface area contributed by atoms with E-state index < -0.39 is 11.7 Å². The summed E-state index contributed by atoms with van der Waals surface area (Å²) in [5.74, 6) is 1.35. The molecule has 5 rings (SSSR count). The SMILES string of the molecule is COc1cccc(CNC(=O)[C@@H]2Cn3ccnc3C3(CCN(C(=O)c4cccnc4)CC3)O2)c1. The summed E-state index contributed by atoms with van der Waals surface area (Å²) in [5.41, 5.74) is 0.814. The number of nitrogens with one attached hydrogen (secondary N) is 1. The van der Waals surface area contributed by atoms with Crippen LogP contribution in [0.1, 0.15) is 34.6 Å². The topological polar surface area (TPSA) is 98.6 Å². The number of pyridine rings is 1. The largest absolute Gasteiger partial charge is 0.497 e. The minimum absolute atomic E-state index is 0.0466. The molecule has 1 atom stereocenters. The quantitative estimate of drug-likeness (QED) is 0.625. The van der Waals surface area contributed by atoms with E-state index in [9.17, 15) is 9.59 Å². The number of fused-ring (bicyclic) bond motifs is 2. The lowest BCUT2D eigenvalue weighted by molar-refractivity contribution is -0.172. The lowest BCUT2D eigenvalue weighted by Crippen LogP contribution is -2.54. The van der Waals surface area contributed by atoms with Crippen LogP contribution in [-0.4, -0.2) is 57.6 Å². The van der Waals surface area contributed by atoms with Crippen LogP contribution in [0.5, 0.6) is 5.75 Å². The fourth-order valence-corrected chi connectivity index (χ4v) is 4.70. The first-order chi connectivity index (χ1) is 16.6. The van der Waals surface area contributed by atoms with Crippen molar-refractivity contribution in [2.45, 2.75) is 37.6 Å². The van der Waals surface area contributed by atoms with Crippen molar-refractivity contribution >= 4 is 11.8 Å². The molecule has 0 unspecified atom stereocenters. The summed E-state index contributed by atoms with van der Waals surface area (Å²) in [4.78, 5) is 36.3. The second kappa shape index (κ2) is 9.26. The van der Waals surface area contributed by atoms with Gasteiger partial charge in [0.15, 0.2) is 6.10 Å². The Morgan fingerprint density at radius 3 is 2.82 bits per heavy atom. The van der Waals surface area contributed by atoms with Crippen LogP contribution < -0.4 is 10.1 Å². The number of rotatable bonds is 5. The van der Waals surface area contributed by atoms with Gasteiger partial charge in [-0.15, -0.1) is 0 Å². The maximum absolute atomic E-state index is 13.1. The van der Waals surface area contributed by atoms with Gasteiger partial charge in [0, 0.05) is 57.3 Å². The summed E-state index contributed by atoms with van der Waals surface area (Å²) in [6.45, 7) is 1.81. The molecule has 9 heteroatoms. The number of ether oxygens (including phenoxy) is 2. The molecule has 2 aliphatic rings. The molecule has 176 valence electrons.